The summed E-state index contributed by atoms with van der Waals surface area (Å²) in [5.41, 5.74) is 2.29. The number of hydrogen-bond donors (Lipinski definition) is 1. The predicted octanol–water partition coefficient (Wildman–Crippen LogP) is 4.09. The average molecular weight is 320 g/mol. The Balaban J connectivity index is 2.18. The molecule has 2 aromatic rings. The second kappa shape index (κ2) is 6.13. The summed E-state index contributed by atoms with van der Waals surface area (Å²) in [7, 11) is 0. The van der Waals surface area contributed by atoms with E-state index in [4.69, 9.17) is 11.6 Å². The first-order valence-electron chi connectivity index (χ1n) is 7.31. The Morgan fingerprint density at radius 1 is 1.36 bits per heavy atom. The Labute approximate surface area is 136 Å². The van der Waals surface area contributed by atoms with E-state index in [9.17, 15) is 4.79 Å². The van der Waals surface area contributed by atoms with E-state index in [0.717, 1.165) is 11.3 Å². The van der Waals surface area contributed by atoms with E-state index in [1.54, 1.807) is 6.20 Å². The van der Waals surface area contributed by atoms with E-state index in [2.05, 4.69) is 31.2 Å². The number of nitrogens with one attached hydrogen (secondary N) is 1. The molecule has 0 bridgehead atoms. The first-order chi connectivity index (χ1) is 10.2. The van der Waals surface area contributed by atoms with Crippen LogP contribution in [-0.4, -0.2) is 15.7 Å². The number of benzene rings is 1. The number of hydrogen-bond acceptors (Lipinski definition) is 2. The normalized spacial score (nSPS) is 13.0. The third-order valence-corrected chi connectivity index (χ3v) is 3.82. The third kappa shape index (κ3) is 3.50. The lowest BCUT2D eigenvalue weighted by Crippen LogP contribution is -2.28. The third-order valence-electron chi connectivity index (χ3n) is 3.59. The average Bonchev–Trinajstić information content (AvgIpc) is 2.80. The molecule has 1 aromatic carbocycles. The molecule has 1 N–H and O–H groups in total. The number of carbonyl (C=O) groups is 1. The number of nitrogens with zero attached hydrogens (tertiary/aromatic N) is 2. The van der Waals surface area contributed by atoms with Crippen LogP contribution in [0.4, 0.5) is 0 Å². The molecule has 1 atom stereocenters. The summed E-state index contributed by atoms with van der Waals surface area (Å²) in [4.78, 5) is 12.5. The molecule has 0 saturated carbocycles. The molecule has 0 aliphatic carbocycles. The van der Waals surface area contributed by atoms with Gasteiger partial charge in [0.05, 0.1) is 23.3 Å². The molecule has 1 amide bonds. The summed E-state index contributed by atoms with van der Waals surface area (Å²) in [6, 6.07) is 7.38. The molecule has 118 valence electrons. The van der Waals surface area contributed by atoms with Crippen molar-refractivity contribution in [2.75, 3.05) is 0 Å². The van der Waals surface area contributed by atoms with Gasteiger partial charge in [-0.25, -0.2) is 0 Å². The minimum absolute atomic E-state index is 0.122. The molecule has 2 rings (SSSR count). The van der Waals surface area contributed by atoms with Crippen molar-refractivity contribution in [1.29, 1.82) is 0 Å². The Morgan fingerprint density at radius 2 is 2.05 bits per heavy atom. The molecule has 0 radical (unpaired) electrons. The van der Waals surface area contributed by atoms with Crippen molar-refractivity contribution >= 4 is 17.5 Å². The molecular weight excluding hydrogens is 298 g/mol. The fraction of sp³-hybridized carbons (Fsp3) is 0.412. The van der Waals surface area contributed by atoms with Crippen molar-refractivity contribution in [2.24, 2.45) is 0 Å². The fourth-order valence-corrected chi connectivity index (χ4v) is 2.64. The van der Waals surface area contributed by atoms with E-state index in [0.29, 0.717) is 10.6 Å². The minimum Gasteiger partial charge on any atom is -0.345 e. The molecule has 1 unspecified atom stereocenters. The number of aromatic nitrogens is 2. The van der Waals surface area contributed by atoms with Gasteiger partial charge in [0, 0.05) is 10.7 Å². The number of rotatable bonds is 3. The minimum atomic E-state index is -0.152. The van der Waals surface area contributed by atoms with Gasteiger partial charge in [-0.2, -0.15) is 5.10 Å². The molecule has 4 nitrogen and oxygen atoms in total. The molecule has 0 aliphatic heterocycles. The van der Waals surface area contributed by atoms with Gasteiger partial charge in [0.15, 0.2) is 0 Å². The van der Waals surface area contributed by atoms with Crippen LogP contribution in [0.1, 0.15) is 55.4 Å². The van der Waals surface area contributed by atoms with Crippen LogP contribution < -0.4 is 5.32 Å². The topological polar surface area (TPSA) is 46.9 Å². The summed E-state index contributed by atoms with van der Waals surface area (Å²) in [5, 5.41) is 7.99. The van der Waals surface area contributed by atoms with Gasteiger partial charge in [-0.3, -0.25) is 9.48 Å². The summed E-state index contributed by atoms with van der Waals surface area (Å²) in [6.45, 7) is 10.0. The van der Waals surface area contributed by atoms with Crippen LogP contribution in [0.5, 0.6) is 0 Å². The predicted molar refractivity (Wildman–Crippen MR) is 89.3 cm³/mol. The molecule has 0 spiro atoms. The van der Waals surface area contributed by atoms with Gasteiger partial charge >= 0.3 is 0 Å². The van der Waals surface area contributed by atoms with Crippen LogP contribution in [0.2, 0.25) is 5.02 Å². The van der Waals surface area contributed by atoms with E-state index in [1.165, 1.54) is 0 Å². The lowest BCUT2D eigenvalue weighted by atomic mass is 10.1. The highest BCUT2D eigenvalue weighted by atomic mass is 35.5. The van der Waals surface area contributed by atoms with Crippen molar-refractivity contribution < 1.29 is 4.79 Å². The van der Waals surface area contributed by atoms with Crippen LogP contribution in [-0.2, 0) is 5.54 Å². The molecular formula is C17H22ClN3O. The zero-order valence-electron chi connectivity index (χ0n) is 13.6. The van der Waals surface area contributed by atoms with Gasteiger partial charge in [0.1, 0.15) is 0 Å². The fourth-order valence-electron chi connectivity index (χ4n) is 2.44. The second-order valence-corrected chi connectivity index (χ2v) is 6.91. The molecule has 1 heterocycles. The number of carbonyl (C=O) groups excluding carboxylic acids is 1. The SMILES string of the molecule is Cc1c(C(=O)NC(C)c2cccc(Cl)c2)cnn1C(C)(C)C. The lowest BCUT2D eigenvalue weighted by Gasteiger charge is -2.21. The van der Waals surface area contributed by atoms with E-state index in [-0.39, 0.29) is 17.5 Å². The van der Waals surface area contributed by atoms with Crippen LogP contribution in [0.25, 0.3) is 0 Å². The van der Waals surface area contributed by atoms with Gasteiger partial charge in [0.2, 0.25) is 0 Å². The van der Waals surface area contributed by atoms with E-state index in [1.807, 2.05) is 42.8 Å². The molecule has 22 heavy (non-hydrogen) atoms. The van der Waals surface area contributed by atoms with Crippen molar-refractivity contribution in [3.05, 3.63) is 52.3 Å². The van der Waals surface area contributed by atoms with Gasteiger partial charge in [0.25, 0.3) is 5.91 Å². The van der Waals surface area contributed by atoms with Gasteiger partial charge in [-0.15, -0.1) is 0 Å². The molecule has 0 aliphatic rings. The van der Waals surface area contributed by atoms with Gasteiger partial charge < -0.3 is 5.32 Å². The van der Waals surface area contributed by atoms with Crippen LogP contribution in [0, 0.1) is 6.92 Å². The summed E-state index contributed by atoms with van der Waals surface area (Å²) in [6.07, 6.45) is 1.63. The zero-order valence-corrected chi connectivity index (χ0v) is 14.4. The molecule has 1 aromatic heterocycles. The largest absolute Gasteiger partial charge is 0.345 e. The summed E-state index contributed by atoms with van der Waals surface area (Å²) in [5.74, 6) is -0.125. The first-order valence-corrected chi connectivity index (χ1v) is 7.69. The maximum absolute atomic E-state index is 12.5. The monoisotopic (exact) mass is 319 g/mol. The highest BCUT2D eigenvalue weighted by molar-refractivity contribution is 6.30. The second-order valence-electron chi connectivity index (χ2n) is 6.48. The standard InChI is InChI=1S/C17H22ClN3O/c1-11(13-7-6-8-14(18)9-13)20-16(22)15-10-19-21(12(15)2)17(3,4)5/h6-11H,1-5H3,(H,20,22). The zero-order chi connectivity index (χ0) is 16.5. The van der Waals surface area contributed by atoms with Crippen molar-refractivity contribution in [2.45, 2.75) is 46.2 Å². The van der Waals surface area contributed by atoms with Crippen LogP contribution in [0.3, 0.4) is 0 Å². The smallest absolute Gasteiger partial charge is 0.255 e. The Hall–Kier alpha value is -1.81. The Bertz CT molecular complexity index is 685. The molecule has 0 saturated heterocycles. The van der Waals surface area contributed by atoms with Crippen molar-refractivity contribution in [3.63, 3.8) is 0 Å². The summed E-state index contributed by atoms with van der Waals surface area (Å²) < 4.78 is 1.87. The van der Waals surface area contributed by atoms with Crippen LogP contribution in [0.15, 0.2) is 30.5 Å². The van der Waals surface area contributed by atoms with E-state index >= 15 is 0 Å². The maximum atomic E-state index is 12.5. The number of halogens is 1. The molecule has 0 fully saturated rings. The van der Waals surface area contributed by atoms with Crippen LogP contribution >= 0.6 is 11.6 Å². The first kappa shape index (κ1) is 16.6. The van der Waals surface area contributed by atoms with Gasteiger partial charge in [-0.05, 0) is 52.3 Å². The highest BCUT2D eigenvalue weighted by Crippen LogP contribution is 2.20. The number of amides is 1. The van der Waals surface area contributed by atoms with Crippen molar-refractivity contribution in [1.82, 2.24) is 15.1 Å². The maximum Gasteiger partial charge on any atom is 0.255 e. The molecule has 5 heteroatoms. The Morgan fingerprint density at radius 3 is 2.59 bits per heavy atom. The highest BCUT2D eigenvalue weighted by Gasteiger charge is 2.22. The van der Waals surface area contributed by atoms with E-state index < -0.39 is 0 Å². The quantitative estimate of drug-likeness (QED) is 0.926. The summed E-state index contributed by atoms with van der Waals surface area (Å²) >= 11 is 6.00. The lowest BCUT2D eigenvalue weighted by molar-refractivity contribution is 0.0939. The van der Waals surface area contributed by atoms with Crippen molar-refractivity contribution in [3.8, 4) is 0 Å². The van der Waals surface area contributed by atoms with Gasteiger partial charge in [-0.1, -0.05) is 23.7 Å². The Kier molecular flexibility index (Phi) is 4.61.